The number of nitrogens with zero attached hydrogens (tertiary/aromatic N) is 1. The molecule has 0 heterocycles. The first-order valence-electron chi connectivity index (χ1n) is 9.50. The number of methoxy groups -OCH3 is 1. The van der Waals surface area contributed by atoms with Crippen LogP contribution in [0.3, 0.4) is 0 Å². The summed E-state index contributed by atoms with van der Waals surface area (Å²) in [5.41, 5.74) is 4.04. The lowest BCUT2D eigenvalue weighted by atomic mass is 10.2. The number of hydrogen-bond donors (Lipinski definition) is 1. The zero-order valence-electron chi connectivity index (χ0n) is 17.3. The van der Waals surface area contributed by atoms with E-state index >= 15 is 0 Å². The van der Waals surface area contributed by atoms with Crippen molar-refractivity contribution in [3.05, 3.63) is 85.3 Å². The largest absolute Gasteiger partial charge is 0.493 e. The summed E-state index contributed by atoms with van der Waals surface area (Å²) in [4.78, 5) is 12.0. The predicted molar refractivity (Wildman–Crippen MR) is 134 cm³/mol. The lowest BCUT2D eigenvalue weighted by Gasteiger charge is -2.13. The molecule has 0 saturated carbocycles. The minimum atomic E-state index is -0.453. The summed E-state index contributed by atoms with van der Waals surface area (Å²) in [6, 6.07) is 15.6. The molecule has 33 heavy (non-hydrogen) atoms. The minimum Gasteiger partial charge on any atom is -0.493 e. The van der Waals surface area contributed by atoms with Gasteiger partial charge in [-0.1, -0.05) is 46.9 Å². The van der Waals surface area contributed by atoms with Gasteiger partial charge in [0.15, 0.2) is 18.1 Å². The Labute approximate surface area is 214 Å². The molecule has 1 amide bonds. The van der Waals surface area contributed by atoms with E-state index in [4.69, 9.17) is 49.0 Å². The number of hydrazone groups is 1. The first-order valence-corrected chi connectivity index (χ1v) is 11.4. The molecule has 0 aliphatic rings. The fourth-order valence-corrected chi connectivity index (χ4v) is 3.80. The number of benzene rings is 3. The molecule has 3 rings (SSSR count). The molecular weight excluding hydrogens is 555 g/mol. The van der Waals surface area contributed by atoms with Gasteiger partial charge < -0.3 is 14.2 Å². The van der Waals surface area contributed by atoms with Crippen LogP contribution < -0.4 is 19.6 Å². The Bertz CT molecular complexity index is 1160. The maximum atomic E-state index is 12.0. The SMILES string of the molecule is COc1cc(/C=N\NC(=O)COc2ccc(Cl)cc2Cl)cc(Br)c1OCc1ccc(Cl)cc1. The highest BCUT2D eigenvalue weighted by molar-refractivity contribution is 9.10. The van der Waals surface area contributed by atoms with Crippen molar-refractivity contribution in [2.24, 2.45) is 5.10 Å². The lowest BCUT2D eigenvalue weighted by Crippen LogP contribution is -2.24. The Morgan fingerprint density at radius 1 is 1.00 bits per heavy atom. The van der Waals surface area contributed by atoms with E-state index in [1.807, 2.05) is 12.1 Å². The van der Waals surface area contributed by atoms with Crippen molar-refractivity contribution in [2.45, 2.75) is 6.61 Å². The van der Waals surface area contributed by atoms with Gasteiger partial charge in [0.2, 0.25) is 0 Å². The normalized spacial score (nSPS) is 10.8. The molecule has 0 aromatic heterocycles. The van der Waals surface area contributed by atoms with E-state index in [0.717, 1.165) is 5.56 Å². The lowest BCUT2D eigenvalue weighted by molar-refractivity contribution is -0.123. The smallest absolute Gasteiger partial charge is 0.277 e. The number of amides is 1. The summed E-state index contributed by atoms with van der Waals surface area (Å²) < 4.78 is 17.4. The van der Waals surface area contributed by atoms with E-state index < -0.39 is 5.91 Å². The van der Waals surface area contributed by atoms with Crippen molar-refractivity contribution in [1.29, 1.82) is 0 Å². The summed E-state index contributed by atoms with van der Waals surface area (Å²) in [6.07, 6.45) is 1.48. The number of rotatable bonds is 9. The Kier molecular flexibility index (Phi) is 9.26. The van der Waals surface area contributed by atoms with Gasteiger partial charge in [0, 0.05) is 10.0 Å². The molecule has 0 spiro atoms. The van der Waals surface area contributed by atoms with Crippen LogP contribution in [0.15, 0.2) is 64.2 Å². The van der Waals surface area contributed by atoms with Crippen LogP contribution in [0.2, 0.25) is 15.1 Å². The highest BCUT2D eigenvalue weighted by Crippen LogP contribution is 2.37. The molecule has 0 aliphatic carbocycles. The molecule has 0 radical (unpaired) electrons. The molecule has 3 aromatic rings. The van der Waals surface area contributed by atoms with E-state index in [9.17, 15) is 4.79 Å². The van der Waals surface area contributed by atoms with Crippen molar-refractivity contribution < 1.29 is 19.0 Å². The number of hydrogen-bond acceptors (Lipinski definition) is 5. The highest BCUT2D eigenvalue weighted by Gasteiger charge is 2.12. The maximum Gasteiger partial charge on any atom is 0.277 e. The molecule has 3 aromatic carbocycles. The molecule has 0 atom stereocenters. The molecule has 0 bridgehead atoms. The average Bonchev–Trinajstić information content (AvgIpc) is 2.78. The highest BCUT2D eigenvalue weighted by atomic mass is 79.9. The minimum absolute atomic E-state index is 0.261. The zero-order valence-corrected chi connectivity index (χ0v) is 21.1. The number of nitrogens with one attached hydrogen (secondary N) is 1. The van der Waals surface area contributed by atoms with Gasteiger partial charge >= 0.3 is 0 Å². The van der Waals surface area contributed by atoms with Crippen LogP contribution in [0, 0.1) is 0 Å². The van der Waals surface area contributed by atoms with E-state index in [1.54, 1.807) is 43.5 Å². The number of ether oxygens (including phenoxy) is 3. The van der Waals surface area contributed by atoms with E-state index in [1.165, 1.54) is 12.3 Å². The van der Waals surface area contributed by atoms with Crippen molar-refractivity contribution >= 4 is 62.9 Å². The second kappa shape index (κ2) is 12.1. The summed E-state index contributed by atoms with van der Waals surface area (Å²) >= 11 is 21.3. The van der Waals surface area contributed by atoms with Crippen LogP contribution in [-0.2, 0) is 11.4 Å². The van der Waals surface area contributed by atoms with Crippen LogP contribution in [0.4, 0.5) is 0 Å². The van der Waals surface area contributed by atoms with Crippen LogP contribution in [0.1, 0.15) is 11.1 Å². The standard InChI is InChI=1S/C23H18BrCl3N2O4/c1-31-21-9-15(8-18(24)23(21)33-12-14-2-4-16(25)5-3-14)11-28-29-22(30)13-32-20-7-6-17(26)10-19(20)27/h2-11H,12-13H2,1H3,(H,29,30)/b28-11-. The van der Waals surface area contributed by atoms with Crippen molar-refractivity contribution in [3.8, 4) is 17.2 Å². The zero-order chi connectivity index (χ0) is 23.8. The van der Waals surface area contributed by atoms with Crippen molar-refractivity contribution in [2.75, 3.05) is 13.7 Å². The van der Waals surface area contributed by atoms with Gasteiger partial charge in [-0.05, 0) is 69.5 Å². The van der Waals surface area contributed by atoms with Crippen LogP contribution in [0.5, 0.6) is 17.2 Å². The van der Waals surface area contributed by atoms with Crippen LogP contribution in [-0.4, -0.2) is 25.8 Å². The number of carbonyl (C=O) groups is 1. The van der Waals surface area contributed by atoms with Gasteiger partial charge in [-0.2, -0.15) is 5.10 Å². The molecule has 0 unspecified atom stereocenters. The third-order valence-electron chi connectivity index (χ3n) is 4.20. The Balaban J connectivity index is 1.58. The predicted octanol–water partition coefficient (Wildman–Crippen LogP) is 6.53. The monoisotopic (exact) mass is 570 g/mol. The summed E-state index contributed by atoms with van der Waals surface area (Å²) in [5.74, 6) is 0.947. The van der Waals surface area contributed by atoms with Gasteiger partial charge in [-0.25, -0.2) is 5.43 Å². The molecule has 0 fully saturated rings. The van der Waals surface area contributed by atoms with E-state index in [2.05, 4.69) is 26.5 Å². The summed E-state index contributed by atoms with van der Waals surface area (Å²) in [6.45, 7) is 0.0798. The fourth-order valence-electron chi connectivity index (χ4n) is 2.64. The topological polar surface area (TPSA) is 69.2 Å². The Morgan fingerprint density at radius 3 is 2.42 bits per heavy atom. The molecule has 172 valence electrons. The third-order valence-corrected chi connectivity index (χ3v) is 5.58. The number of halogens is 4. The molecular formula is C23H18BrCl3N2O4. The van der Waals surface area contributed by atoms with E-state index in [-0.39, 0.29) is 6.61 Å². The molecule has 0 aliphatic heterocycles. The fraction of sp³-hybridized carbons (Fsp3) is 0.130. The van der Waals surface area contributed by atoms with Gasteiger partial charge in [-0.3, -0.25) is 4.79 Å². The van der Waals surface area contributed by atoms with Crippen LogP contribution in [0.25, 0.3) is 0 Å². The maximum absolute atomic E-state index is 12.0. The average molecular weight is 573 g/mol. The summed E-state index contributed by atoms with van der Waals surface area (Å²) in [5, 5.41) is 5.40. The molecule has 10 heteroatoms. The van der Waals surface area contributed by atoms with Gasteiger partial charge in [0.1, 0.15) is 12.4 Å². The van der Waals surface area contributed by atoms with Gasteiger partial charge in [0.25, 0.3) is 5.91 Å². The Morgan fingerprint density at radius 2 is 1.73 bits per heavy atom. The molecule has 1 N–H and O–H groups in total. The first kappa shape index (κ1) is 25.2. The van der Waals surface area contributed by atoms with Gasteiger partial charge in [0.05, 0.1) is 22.8 Å². The van der Waals surface area contributed by atoms with Crippen LogP contribution >= 0.6 is 50.7 Å². The van der Waals surface area contributed by atoms with E-state index in [0.29, 0.717) is 49.0 Å². The quantitative estimate of drug-likeness (QED) is 0.234. The second-order valence-electron chi connectivity index (χ2n) is 6.61. The number of carbonyl (C=O) groups excluding carboxylic acids is 1. The first-order chi connectivity index (χ1) is 15.9. The van der Waals surface area contributed by atoms with Crippen molar-refractivity contribution in [3.63, 3.8) is 0 Å². The van der Waals surface area contributed by atoms with Crippen molar-refractivity contribution in [1.82, 2.24) is 5.43 Å². The second-order valence-corrected chi connectivity index (χ2v) is 8.74. The van der Waals surface area contributed by atoms with Gasteiger partial charge in [-0.15, -0.1) is 0 Å². The molecule has 0 saturated heterocycles. The Hall–Kier alpha value is -2.45. The molecule has 6 nitrogen and oxygen atoms in total. The third kappa shape index (κ3) is 7.54. The summed E-state index contributed by atoms with van der Waals surface area (Å²) in [7, 11) is 1.54.